The molecule has 116 valence electrons. The molecule has 1 unspecified atom stereocenters. The zero-order valence-electron chi connectivity index (χ0n) is 13.3. The molecule has 0 bridgehead atoms. The summed E-state index contributed by atoms with van der Waals surface area (Å²) in [5.74, 6) is 0.236. The first-order chi connectivity index (χ1) is 10.1. The van der Waals surface area contributed by atoms with E-state index in [-0.39, 0.29) is 5.91 Å². The summed E-state index contributed by atoms with van der Waals surface area (Å²) in [6.07, 6.45) is 2.30. The number of hydrogen-bond acceptors (Lipinski definition) is 3. The second-order valence-corrected chi connectivity index (χ2v) is 5.92. The number of benzene rings is 1. The molecule has 0 spiro atoms. The van der Waals surface area contributed by atoms with Crippen LogP contribution in [0.5, 0.6) is 0 Å². The normalized spacial score (nSPS) is 22.6. The summed E-state index contributed by atoms with van der Waals surface area (Å²) in [6.45, 7) is 3.97. The van der Waals surface area contributed by atoms with Crippen molar-refractivity contribution in [3.8, 4) is 0 Å². The highest BCUT2D eigenvalue weighted by molar-refractivity contribution is 5.76. The number of carbonyl (C=O) groups is 1. The van der Waals surface area contributed by atoms with Crippen LogP contribution >= 0.6 is 0 Å². The van der Waals surface area contributed by atoms with Gasteiger partial charge in [-0.1, -0.05) is 37.3 Å². The number of carbonyl (C=O) groups excluding carboxylic acids is 1. The topological polar surface area (TPSA) is 32.8 Å². The Hall–Kier alpha value is -1.39. The van der Waals surface area contributed by atoms with Gasteiger partial charge in [0.25, 0.3) is 0 Å². The van der Waals surface area contributed by atoms with Crippen LogP contribution in [0.2, 0.25) is 0 Å². The largest absolute Gasteiger partial charge is 0.356 e. The zero-order chi connectivity index (χ0) is 15.3. The van der Waals surface area contributed by atoms with Crippen LogP contribution in [0, 0.1) is 0 Å². The molecule has 0 radical (unpaired) electrons. The van der Waals surface area contributed by atoms with Crippen molar-refractivity contribution in [2.75, 3.05) is 33.8 Å². The van der Waals surface area contributed by atoms with E-state index in [1.807, 2.05) is 44.1 Å². The van der Waals surface area contributed by atoms with Crippen molar-refractivity contribution in [3.63, 3.8) is 0 Å². The molecule has 0 saturated carbocycles. The van der Waals surface area contributed by atoms with Crippen molar-refractivity contribution in [3.05, 3.63) is 35.9 Å². The molecule has 1 aliphatic heterocycles. The van der Waals surface area contributed by atoms with Crippen molar-refractivity contribution in [1.82, 2.24) is 9.80 Å². The summed E-state index contributed by atoms with van der Waals surface area (Å²) in [4.78, 5) is 16.3. The fraction of sp³-hybridized carbons (Fsp3) is 0.588. The van der Waals surface area contributed by atoms with Crippen molar-refractivity contribution < 1.29 is 9.53 Å². The molecule has 2 rings (SSSR count). The second-order valence-electron chi connectivity index (χ2n) is 5.92. The Bertz CT molecular complexity index is 461. The minimum Gasteiger partial charge on any atom is -0.356 e. The van der Waals surface area contributed by atoms with Crippen LogP contribution in [0.15, 0.2) is 30.3 Å². The van der Waals surface area contributed by atoms with Gasteiger partial charge in [-0.2, -0.15) is 0 Å². The molecule has 1 aromatic carbocycles. The van der Waals surface area contributed by atoms with E-state index in [0.29, 0.717) is 26.1 Å². The van der Waals surface area contributed by atoms with Gasteiger partial charge in [0.15, 0.2) is 0 Å². The smallest absolute Gasteiger partial charge is 0.222 e. The molecule has 4 nitrogen and oxygen atoms in total. The first-order valence-corrected chi connectivity index (χ1v) is 7.70. The van der Waals surface area contributed by atoms with E-state index in [1.54, 1.807) is 0 Å². The van der Waals surface area contributed by atoms with E-state index in [4.69, 9.17) is 4.74 Å². The summed E-state index contributed by atoms with van der Waals surface area (Å²) in [7, 11) is 4.05. The van der Waals surface area contributed by atoms with Gasteiger partial charge in [-0.05, 0) is 26.1 Å². The van der Waals surface area contributed by atoms with Gasteiger partial charge < -0.3 is 9.64 Å². The van der Waals surface area contributed by atoms with Crippen LogP contribution in [0.1, 0.15) is 25.3 Å². The molecule has 4 heteroatoms. The second kappa shape index (κ2) is 7.05. The average Bonchev–Trinajstić information content (AvgIpc) is 2.48. The van der Waals surface area contributed by atoms with Gasteiger partial charge in [0, 0.05) is 19.4 Å². The van der Waals surface area contributed by atoms with Crippen LogP contribution < -0.4 is 0 Å². The molecule has 1 amide bonds. The molecular formula is C17H26N2O2. The Labute approximate surface area is 127 Å². The molecule has 0 aliphatic carbocycles. The number of hydrogen-bond donors (Lipinski definition) is 0. The summed E-state index contributed by atoms with van der Waals surface area (Å²) >= 11 is 0. The van der Waals surface area contributed by atoms with E-state index in [9.17, 15) is 4.79 Å². The Morgan fingerprint density at radius 2 is 2.05 bits per heavy atom. The van der Waals surface area contributed by atoms with Crippen molar-refractivity contribution in [2.24, 2.45) is 0 Å². The highest BCUT2D eigenvalue weighted by atomic mass is 16.5. The zero-order valence-corrected chi connectivity index (χ0v) is 13.3. The lowest BCUT2D eigenvalue weighted by Crippen LogP contribution is -2.61. The number of nitrogens with zero attached hydrogens (tertiary/aromatic N) is 2. The van der Waals surface area contributed by atoms with Crippen LogP contribution in [0.4, 0.5) is 0 Å². The van der Waals surface area contributed by atoms with Gasteiger partial charge in [0.2, 0.25) is 5.91 Å². The third-order valence-electron chi connectivity index (χ3n) is 4.12. The van der Waals surface area contributed by atoms with E-state index < -0.39 is 5.72 Å². The lowest BCUT2D eigenvalue weighted by molar-refractivity contribution is -0.188. The van der Waals surface area contributed by atoms with Crippen LogP contribution in [-0.4, -0.2) is 55.2 Å². The lowest BCUT2D eigenvalue weighted by atomic mass is 9.99. The van der Waals surface area contributed by atoms with Crippen molar-refractivity contribution in [1.29, 1.82) is 0 Å². The fourth-order valence-electron chi connectivity index (χ4n) is 2.80. The third-order valence-corrected chi connectivity index (χ3v) is 4.12. The van der Waals surface area contributed by atoms with Crippen LogP contribution in [0.3, 0.4) is 0 Å². The average molecular weight is 290 g/mol. The monoisotopic (exact) mass is 290 g/mol. The van der Waals surface area contributed by atoms with Crippen molar-refractivity contribution >= 4 is 5.91 Å². The molecule has 1 aliphatic rings. The van der Waals surface area contributed by atoms with Gasteiger partial charge in [-0.3, -0.25) is 9.69 Å². The van der Waals surface area contributed by atoms with Crippen molar-refractivity contribution in [2.45, 2.75) is 31.9 Å². The maximum atomic E-state index is 12.2. The quantitative estimate of drug-likeness (QED) is 0.833. The predicted molar refractivity (Wildman–Crippen MR) is 84.0 cm³/mol. The molecule has 1 aromatic rings. The number of likely N-dealkylation sites (N-methyl/N-ethyl adjacent to an activating group) is 1. The first-order valence-electron chi connectivity index (χ1n) is 7.70. The number of rotatable bonds is 5. The molecule has 1 heterocycles. The molecule has 1 fully saturated rings. The molecule has 1 saturated heterocycles. The Morgan fingerprint density at radius 3 is 2.67 bits per heavy atom. The number of amides is 1. The lowest BCUT2D eigenvalue weighted by Gasteiger charge is -2.46. The van der Waals surface area contributed by atoms with Crippen LogP contribution in [0.25, 0.3) is 0 Å². The standard InChI is InChI=1S/C17H26N2O2/c1-4-8-16(20)19-11-12-21-17(14-19,18(2)3)13-15-9-6-5-7-10-15/h5-7,9-10H,4,8,11-14H2,1-3H3. The van der Waals surface area contributed by atoms with Gasteiger partial charge in [-0.25, -0.2) is 0 Å². The van der Waals surface area contributed by atoms with E-state index in [2.05, 4.69) is 17.0 Å². The summed E-state index contributed by atoms with van der Waals surface area (Å²) < 4.78 is 6.12. The van der Waals surface area contributed by atoms with E-state index in [1.165, 1.54) is 5.56 Å². The van der Waals surface area contributed by atoms with Gasteiger partial charge in [-0.15, -0.1) is 0 Å². The molecule has 0 aromatic heterocycles. The van der Waals surface area contributed by atoms with Gasteiger partial charge >= 0.3 is 0 Å². The molecule has 0 N–H and O–H groups in total. The van der Waals surface area contributed by atoms with Crippen LogP contribution in [-0.2, 0) is 16.0 Å². The summed E-state index contributed by atoms with van der Waals surface area (Å²) in [5.41, 5.74) is 0.805. The number of ether oxygens (including phenoxy) is 1. The van der Waals surface area contributed by atoms with E-state index in [0.717, 1.165) is 12.8 Å². The molecule has 1 atom stereocenters. The van der Waals surface area contributed by atoms with Gasteiger partial charge in [0.05, 0.1) is 13.2 Å². The minimum atomic E-state index is -0.428. The highest BCUT2D eigenvalue weighted by Gasteiger charge is 2.40. The van der Waals surface area contributed by atoms with E-state index >= 15 is 0 Å². The highest BCUT2D eigenvalue weighted by Crippen LogP contribution is 2.26. The Balaban J connectivity index is 2.15. The SMILES string of the molecule is CCCC(=O)N1CCOC(Cc2ccccc2)(N(C)C)C1. The molecule has 21 heavy (non-hydrogen) atoms. The minimum absolute atomic E-state index is 0.236. The Kier molecular flexibility index (Phi) is 5.37. The maximum Gasteiger partial charge on any atom is 0.222 e. The van der Waals surface area contributed by atoms with Gasteiger partial charge in [0.1, 0.15) is 5.72 Å². The summed E-state index contributed by atoms with van der Waals surface area (Å²) in [6, 6.07) is 10.3. The predicted octanol–water partition coefficient (Wildman–Crippen LogP) is 2.15. The Morgan fingerprint density at radius 1 is 1.33 bits per heavy atom. The maximum absolute atomic E-state index is 12.2. The molecular weight excluding hydrogens is 264 g/mol. The number of morpholine rings is 1. The fourth-order valence-corrected chi connectivity index (χ4v) is 2.80. The third kappa shape index (κ3) is 3.83. The first kappa shape index (κ1) is 16.0. The summed E-state index contributed by atoms with van der Waals surface area (Å²) in [5, 5.41) is 0.